The van der Waals surface area contributed by atoms with Crippen LogP contribution in [0.3, 0.4) is 0 Å². The predicted molar refractivity (Wildman–Crippen MR) is 75.7 cm³/mol. The second-order valence-electron chi connectivity index (χ2n) is 5.05. The Morgan fingerprint density at radius 1 is 1.40 bits per heavy atom. The summed E-state index contributed by atoms with van der Waals surface area (Å²) in [6.07, 6.45) is 0. The first-order valence-electron chi connectivity index (χ1n) is 6.38. The van der Waals surface area contributed by atoms with Crippen LogP contribution in [0.25, 0.3) is 0 Å². The van der Waals surface area contributed by atoms with E-state index in [1.807, 2.05) is 13.8 Å². The van der Waals surface area contributed by atoms with E-state index in [2.05, 4.69) is 5.32 Å². The van der Waals surface area contributed by atoms with Gasteiger partial charge >= 0.3 is 6.03 Å². The molecule has 0 bridgehead atoms. The molecule has 3 amide bonds. The zero-order valence-electron chi connectivity index (χ0n) is 11.6. The molecule has 0 saturated carbocycles. The van der Waals surface area contributed by atoms with Gasteiger partial charge in [0.15, 0.2) is 0 Å². The van der Waals surface area contributed by atoms with Crippen LogP contribution in [0.1, 0.15) is 19.4 Å². The van der Waals surface area contributed by atoms with Gasteiger partial charge in [0.25, 0.3) is 5.91 Å². The van der Waals surface area contributed by atoms with Crippen molar-refractivity contribution < 1.29 is 14.3 Å². The number of carbonyl (C=O) groups is 2. The van der Waals surface area contributed by atoms with E-state index in [-0.39, 0.29) is 24.4 Å². The summed E-state index contributed by atoms with van der Waals surface area (Å²) in [5.74, 6) is 0.438. The van der Waals surface area contributed by atoms with E-state index < -0.39 is 6.04 Å². The summed E-state index contributed by atoms with van der Waals surface area (Å²) < 4.78 is 5.23. The smallest absolute Gasteiger partial charge is 0.325 e. The lowest BCUT2D eigenvalue weighted by atomic mass is 10.0. The third kappa shape index (κ3) is 2.72. The average Bonchev–Trinajstić information content (AvgIpc) is 2.67. The number of amides is 3. The molecule has 108 valence electrons. The highest BCUT2D eigenvalue weighted by Gasteiger charge is 2.39. The summed E-state index contributed by atoms with van der Waals surface area (Å²) in [6.45, 7) is 3.94. The van der Waals surface area contributed by atoms with Gasteiger partial charge in [-0.2, -0.15) is 0 Å². The maximum Gasteiger partial charge on any atom is 0.325 e. The SMILES string of the molecule is COc1ccc(Cl)cc1CN1C(=O)NC(C(C)C)C1=O. The van der Waals surface area contributed by atoms with Crippen molar-refractivity contribution in [2.75, 3.05) is 7.11 Å². The molecule has 1 fully saturated rings. The van der Waals surface area contributed by atoms with Crippen LogP contribution in [0.15, 0.2) is 18.2 Å². The predicted octanol–water partition coefficient (Wildman–Crippen LogP) is 2.43. The molecule has 0 radical (unpaired) electrons. The number of hydrogen-bond acceptors (Lipinski definition) is 3. The number of nitrogens with zero attached hydrogens (tertiary/aromatic N) is 1. The first-order valence-corrected chi connectivity index (χ1v) is 6.76. The minimum absolute atomic E-state index is 0.0534. The molecule has 1 saturated heterocycles. The fourth-order valence-corrected chi connectivity index (χ4v) is 2.38. The summed E-state index contributed by atoms with van der Waals surface area (Å²) in [4.78, 5) is 25.3. The molecular weight excluding hydrogens is 280 g/mol. The molecule has 0 aromatic heterocycles. The quantitative estimate of drug-likeness (QED) is 0.868. The lowest BCUT2D eigenvalue weighted by Crippen LogP contribution is -2.34. The Morgan fingerprint density at radius 2 is 2.10 bits per heavy atom. The van der Waals surface area contributed by atoms with E-state index in [0.717, 1.165) is 0 Å². The van der Waals surface area contributed by atoms with E-state index in [1.54, 1.807) is 18.2 Å². The lowest BCUT2D eigenvalue weighted by Gasteiger charge is -2.16. The minimum atomic E-state index is -0.465. The van der Waals surface area contributed by atoms with Gasteiger partial charge in [-0.3, -0.25) is 9.69 Å². The number of imide groups is 1. The first kappa shape index (κ1) is 14.7. The van der Waals surface area contributed by atoms with Gasteiger partial charge in [0, 0.05) is 10.6 Å². The normalized spacial score (nSPS) is 18.6. The number of halogens is 1. The van der Waals surface area contributed by atoms with Crippen LogP contribution in [0, 0.1) is 5.92 Å². The van der Waals surface area contributed by atoms with Crippen LogP contribution in [0.5, 0.6) is 5.75 Å². The molecule has 1 aromatic carbocycles. The molecule has 0 aliphatic carbocycles. The Kier molecular flexibility index (Phi) is 4.18. The number of hydrogen-bond donors (Lipinski definition) is 1. The van der Waals surface area contributed by atoms with Gasteiger partial charge in [0.1, 0.15) is 11.8 Å². The summed E-state index contributed by atoms with van der Waals surface area (Å²) in [6, 6.07) is 4.27. The fourth-order valence-electron chi connectivity index (χ4n) is 2.18. The molecule has 1 aliphatic rings. The van der Waals surface area contributed by atoms with Crippen molar-refractivity contribution in [1.82, 2.24) is 10.2 Å². The van der Waals surface area contributed by atoms with Crippen LogP contribution < -0.4 is 10.1 Å². The second kappa shape index (κ2) is 5.71. The van der Waals surface area contributed by atoms with Gasteiger partial charge in [-0.15, -0.1) is 0 Å². The van der Waals surface area contributed by atoms with Crippen LogP contribution in [-0.2, 0) is 11.3 Å². The number of carbonyl (C=O) groups excluding carboxylic acids is 2. The maximum absolute atomic E-state index is 12.2. The Balaban J connectivity index is 2.24. The molecule has 1 N–H and O–H groups in total. The molecular formula is C14H17ClN2O3. The summed E-state index contributed by atoms with van der Waals surface area (Å²) in [7, 11) is 1.54. The molecule has 0 spiro atoms. The summed E-state index contributed by atoms with van der Waals surface area (Å²) in [5.41, 5.74) is 0.702. The van der Waals surface area contributed by atoms with Gasteiger partial charge in [-0.25, -0.2) is 4.79 Å². The molecule has 1 unspecified atom stereocenters. The van der Waals surface area contributed by atoms with Gasteiger partial charge < -0.3 is 10.1 Å². The van der Waals surface area contributed by atoms with E-state index >= 15 is 0 Å². The summed E-state index contributed by atoms with van der Waals surface area (Å²) in [5, 5.41) is 3.22. The fraction of sp³-hybridized carbons (Fsp3) is 0.429. The first-order chi connectivity index (χ1) is 9.43. The molecule has 1 heterocycles. The highest BCUT2D eigenvalue weighted by Crippen LogP contribution is 2.26. The van der Waals surface area contributed by atoms with Gasteiger partial charge in [-0.1, -0.05) is 25.4 Å². The maximum atomic E-state index is 12.2. The largest absolute Gasteiger partial charge is 0.496 e. The van der Waals surface area contributed by atoms with Gasteiger partial charge in [0.2, 0.25) is 0 Å². The third-order valence-electron chi connectivity index (χ3n) is 3.29. The minimum Gasteiger partial charge on any atom is -0.496 e. The molecule has 1 aromatic rings. The Labute approximate surface area is 122 Å². The standard InChI is InChI=1S/C14H17ClN2O3/c1-8(2)12-13(18)17(14(19)16-12)7-9-6-10(15)4-5-11(9)20-3/h4-6,8,12H,7H2,1-3H3,(H,16,19). The zero-order valence-corrected chi connectivity index (χ0v) is 12.4. The van der Waals surface area contributed by atoms with Crippen molar-refractivity contribution in [2.45, 2.75) is 26.4 Å². The van der Waals surface area contributed by atoms with Crippen LogP contribution in [-0.4, -0.2) is 30.0 Å². The Morgan fingerprint density at radius 3 is 2.65 bits per heavy atom. The van der Waals surface area contributed by atoms with E-state index in [0.29, 0.717) is 16.3 Å². The highest BCUT2D eigenvalue weighted by atomic mass is 35.5. The number of nitrogens with one attached hydrogen (secondary N) is 1. The highest BCUT2D eigenvalue weighted by molar-refractivity contribution is 6.30. The van der Waals surface area contributed by atoms with Crippen LogP contribution >= 0.6 is 11.6 Å². The van der Waals surface area contributed by atoms with Crippen molar-refractivity contribution in [1.29, 1.82) is 0 Å². The van der Waals surface area contributed by atoms with Gasteiger partial charge in [-0.05, 0) is 24.1 Å². The number of urea groups is 1. The molecule has 2 rings (SSSR count). The summed E-state index contributed by atoms with van der Waals surface area (Å²) >= 11 is 5.95. The van der Waals surface area contributed by atoms with E-state index in [1.165, 1.54) is 12.0 Å². The second-order valence-corrected chi connectivity index (χ2v) is 5.49. The van der Waals surface area contributed by atoms with Crippen molar-refractivity contribution in [3.8, 4) is 5.75 Å². The van der Waals surface area contributed by atoms with Crippen molar-refractivity contribution in [3.05, 3.63) is 28.8 Å². The van der Waals surface area contributed by atoms with Crippen molar-refractivity contribution in [2.24, 2.45) is 5.92 Å². The number of ether oxygens (including phenoxy) is 1. The Hall–Kier alpha value is -1.75. The van der Waals surface area contributed by atoms with Crippen LogP contribution in [0.4, 0.5) is 4.79 Å². The van der Waals surface area contributed by atoms with Crippen LogP contribution in [0.2, 0.25) is 5.02 Å². The topological polar surface area (TPSA) is 58.6 Å². The molecule has 1 aliphatic heterocycles. The molecule has 6 heteroatoms. The number of benzene rings is 1. The zero-order chi connectivity index (χ0) is 14.9. The molecule has 20 heavy (non-hydrogen) atoms. The number of rotatable bonds is 4. The monoisotopic (exact) mass is 296 g/mol. The molecule has 1 atom stereocenters. The van der Waals surface area contributed by atoms with Crippen molar-refractivity contribution in [3.63, 3.8) is 0 Å². The average molecular weight is 297 g/mol. The number of methoxy groups -OCH3 is 1. The van der Waals surface area contributed by atoms with E-state index in [9.17, 15) is 9.59 Å². The van der Waals surface area contributed by atoms with E-state index in [4.69, 9.17) is 16.3 Å². The lowest BCUT2D eigenvalue weighted by molar-refractivity contribution is -0.128. The Bertz CT molecular complexity index is 545. The third-order valence-corrected chi connectivity index (χ3v) is 3.53. The van der Waals surface area contributed by atoms with Crippen molar-refractivity contribution >= 4 is 23.5 Å². The van der Waals surface area contributed by atoms with Gasteiger partial charge in [0.05, 0.1) is 13.7 Å². The molecule has 5 nitrogen and oxygen atoms in total.